The van der Waals surface area contributed by atoms with Crippen LogP contribution in [0.5, 0.6) is 0 Å². The molecule has 2 aromatic heterocycles. The van der Waals surface area contributed by atoms with Crippen LogP contribution >= 0.6 is 11.3 Å². The molecule has 2 rings (SSSR count). The quantitative estimate of drug-likeness (QED) is 0.871. The first kappa shape index (κ1) is 11.3. The first-order valence-electron chi connectivity index (χ1n) is 4.64. The van der Waals surface area contributed by atoms with Crippen molar-refractivity contribution in [3.05, 3.63) is 34.5 Å². The summed E-state index contributed by atoms with van der Waals surface area (Å²) >= 11 is 0.977. The number of carbonyl (C=O) groups is 2. The molecule has 2 aromatic rings. The fourth-order valence-electron chi connectivity index (χ4n) is 1.16. The molecule has 0 aliphatic heterocycles. The number of aryl methyl sites for hydroxylation is 1. The number of nitrogens with zero attached hydrogens (tertiary/aromatic N) is 1. The first-order chi connectivity index (χ1) is 8.06. The van der Waals surface area contributed by atoms with Gasteiger partial charge in [-0.2, -0.15) is 0 Å². The van der Waals surface area contributed by atoms with Crippen molar-refractivity contribution in [1.82, 2.24) is 5.16 Å². The van der Waals surface area contributed by atoms with Crippen molar-refractivity contribution >= 4 is 28.2 Å². The van der Waals surface area contributed by atoms with Crippen LogP contribution in [0.3, 0.4) is 0 Å². The highest BCUT2D eigenvalue weighted by atomic mass is 32.1. The first-order valence-corrected chi connectivity index (χ1v) is 5.45. The number of carboxylic acid groups (broad SMARTS) is 1. The molecule has 17 heavy (non-hydrogen) atoms. The van der Waals surface area contributed by atoms with Gasteiger partial charge in [0.1, 0.15) is 4.88 Å². The van der Waals surface area contributed by atoms with Gasteiger partial charge in [-0.15, -0.1) is 11.3 Å². The van der Waals surface area contributed by atoms with Gasteiger partial charge in [0.05, 0.1) is 10.7 Å². The van der Waals surface area contributed by atoms with E-state index in [1.807, 2.05) is 0 Å². The van der Waals surface area contributed by atoms with Crippen LogP contribution in [0, 0.1) is 6.92 Å². The maximum Gasteiger partial charge on any atom is 0.345 e. The second kappa shape index (κ2) is 4.38. The maximum absolute atomic E-state index is 11.6. The number of anilines is 1. The Labute approximate surface area is 99.9 Å². The van der Waals surface area contributed by atoms with E-state index in [1.54, 1.807) is 6.92 Å². The van der Waals surface area contributed by atoms with Crippen molar-refractivity contribution in [2.24, 2.45) is 0 Å². The lowest BCUT2D eigenvalue weighted by Gasteiger charge is -1.96. The molecule has 6 nitrogen and oxygen atoms in total. The smallest absolute Gasteiger partial charge is 0.345 e. The number of aromatic nitrogens is 1. The van der Waals surface area contributed by atoms with Gasteiger partial charge >= 0.3 is 5.97 Å². The Morgan fingerprint density at radius 2 is 2.24 bits per heavy atom. The van der Waals surface area contributed by atoms with E-state index in [0.717, 1.165) is 11.3 Å². The van der Waals surface area contributed by atoms with Crippen molar-refractivity contribution < 1.29 is 19.2 Å². The zero-order valence-corrected chi connectivity index (χ0v) is 9.58. The number of nitrogens with one attached hydrogen (secondary N) is 1. The number of carboxylic acids is 1. The number of thiophene rings is 1. The molecule has 0 saturated heterocycles. The van der Waals surface area contributed by atoms with E-state index < -0.39 is 11.9 Å². The van der Waals surface area contributed by atoms with Crippen LogP contribution in [0.25, 0.3) is 0 Å². The minimum absolute atomic E-state index is 0.0905. The minimum Gasteiger partial charge on any atom is -0.477 e. The van der Waals surface area contributed by atoms with Gasteiger partial charge in [-0.05, 0) is 19.1 Å². The summed E-state index contributed by atoms with van der Waals surface area (Å²) in [6, 6.07) is 4.45. The third kappa shape index (κ3) is 2.51. The second-order valence-corrected chi connectivity index (χ2v) is 4.34. The van der Waals surface area contributed by atoms with E-state index in [1.165, 1.54) is 18.2 Å². The van der Waals surface area contributed by atoms with Crippen LogP contribution in [0.2, 0.25) is 0 Å². The summed E-state index contributed by atoms with van der Waals surface area (Å²) in [5.74, 6) is -1.39. The minimum atomic E-state index is -1.02. The van der Waals surface area contributed by atoms with Crippen LogP contribution in [0.15, 0.2) is 22.7 Å². The molecule has 0 fully saturated rings. The highest BCUT2D eigenvalue weighted by Crippen LogP contribution is 2.22. The summed E-state index contributed by atoms with van der Waals surface area (Å²) in [6.07, 6.45) is 0. The Bertz CT molecular complexity index is 572. The van der Waals surface area contributed by atoms with Crippen LogP contribution in [-0.2, 0) is 0 Å². The second-order valence-electron chi connectivity index (χ2n) is 3.26. The Balaban J connectivity index is 2.10. The van der Waals surface area contributed by atoms with E-state index in [4.69, 9.17) is 9.63 Å². The fraction of sp³-hybridized carbons (Fsp3) is 0.100. The Morgan fingerprint density at radius 3 is 2.76 bits per heavy atom. The van der Waals surface area contributed by atoms with Gasteiger partial charge in [0.2, 0.25) is 5.76 Å². The van der Waals surface area contributed by atoms with Crippen molar-refractivity contribution in [1.29, 1.82) is 0 Å². The van der Waals surface area contributed by atoms with E-state index in [0.29, 0.717) is 10.7 Å². The number of carbonyl (C=O) groups excluding carboxylic acids is 1. The topological polar surface area (TPSA) is 92.4 Å². The average Bonchev–Trinajstić information content (AvgIpc) is 2.86. The monoisotopic (exact) mass is 252 g/mol. The average molecular weight is 252 g/mol. The molecule has 7 heteroatoms. The molecule has 1 amide bonds. The summed E-state index contributed by atoms with van der Waals surface area (Å²) in [7, 11) is 0. The molecule has 2 N–H and O–H groups in total. The highest BCUT2D eigenvalue weighted by Gasteiger charge is 2.14. The fourth-order valence-corrected chi connectivity index (χ4v) is 1.90. The standard InChI is InChI=1S/C10H8N2O4S/c1-5-4-6(16-12-5)9(13)11-8-3-2-7(17-8)10(14)15/h2-4H,1H3,(H,11,13)(H,14,15). The Kier molecular flexibility index (Phi) is 2.92. The third-order valence-corrected chi connectivity index (χ3v) is 2.89. The predicted octanol–water partition coefficient (Wildman–Crippen LogP) is 2.00. The highest BCUT2D eigenvalue weighted by molar-refractivity contribution is 7.18. The predicted molar refractivity (Wildman–Crippen MR) is 60.5 cm³/mol. The number of hydrogen-bond acceptors (Lipinski definition) is 5. The Morgan fingerprint density at radius 1 is 1.47 bits per heavy atom. The number of hydrogen-bond donors (Lipinski definition) is 2. The Hall–Kier alpha value is -2.15. The van der Waals surface area contributed by atoms with E-state index >= 15 is 0 Å². The van der Waals surface area contributed by atoms with E-state index in [9.17, 15) is 9.59 Å². The zero-order valence-electron chi connectivity index (χ0n) is 8.76. The van der Waals surface area contributed by atoms with Crippen LogP contribution < -0.4 is 5.32 Å². The largest absolute Gasteiger partial charge is 0.477 e. The van der Waals surface area contributed by atoms with E-state index in [-0.39, 0.29) is 10.6 Å². The van der Waals surface area contributed by atoms with Gasteiger partial charge in [-0.25, -0.2) is 4.79 Å². The molecule has 0 aliphatic carbocycles. The number of aromatic carboxylic acids is 1. The van der Waals surface area contributed by atoms with Gasteiger partial charge in [0, 0.05) is 6.07 Å². The lowest BCUT2D eigenvalue weighted by Crippen LogP contribution is -2.09. The lowest BCUT2D eigenvalue weighted by molar-refractivity contribution is 0.0702. The van der Waals surface area contributed by atoms with Crippen LogP contribution in [0.1, 0.15) is 25.9 Å². The third-order valence-electron chi connectivity index (χ3n) is 1.91. The molecular formula is C10H8N2O4S. The molecule has 0 aliphatic rings. The molecule has 0 spiro atoms. The summed E-state index contributed by atoms with van der Waals surface area (Å²) < 4.78 is 4.78. The molecule has 0 atom stereocenters. The molecule has 0 aromatic carbocycles. The van der Waals surface area contributed by atoms with Crippen LogP contribution in [0.4, 0.5) is 5.00 Å². The van der Waals surface area contributed by atoms with Gasteiger partial charge < -0.3 is 14.9 Å². The van der Waals surface area contributed by atoms with Gasteiger partial charge in [-0.1, -0.05) is 5.16 Å². The number of amides is 1. The van der Waals surface area contributed by atoms with Crippen LogP contribution in [-0.4, -0.2) is 22.1 Å². The molecule has 0 bridgehead atoms. The summed E-state index contributed by atoms with van der Waals surface area (Å²) in [4.78, 5) is 22.4. The van der Waals surface area contributed by atoms with E-state index in [2.05, 4.69) is 10.5 Å². The van der Waals surface area contributed by atoms with Gasteiger partial charge in [0.15, 0.2) is 0 Å². The molecule has 0 unspecified atom stereocenters. The van der Waals surface area contributed by atoms with Gasteiger partial charge in [0.25, 0.3) is 5.91 Å². The number of rotatable bonds is 3. The van der Waals surface area contributed by atoms with Crippen molar-refractivity contribution in [2.45, 2.75) is 6.92 Å². The molecule has 0 saturated carbocycles. The maximum atomic E-state index is 11.6. The summed E-state index contributed by atoms with van der Waals surface area (Å²) in [6.45, 7) is 1.70. The molecule has 2 heterocycles. The van der Waals surface area contributed by atoms with Crippen molar-refractivity contribution in [2.75, 3.05) is 5.32 Å². The molecular weight excluding hydrogens is 244 g/mol. The summed E-state index contributed by atoms with van der Waals surface area (Å²) in [5, 5.41) is 15.3. The van der Waals surface area contributed by atoms with Crippen molar-refractivity contribution in [3.8, 4) is 0 Å². The van der Waals surface area contributed by atoms with Crippen molar-refractivity contribution in [3.63, 3.8) is 0 Å². The summed E-state index contributed by atoms with van der Waals surface area (Å²) in [5.41, 5.74) is 0.604. The normalized spacial score (nSPS) is 10.2. The lowest BCUT2D eigenvalue weighted by atomic mass is 10.4. The zero-order chi connectivity index (χ0) is 12.4. The SMILES string of the molecule is Cc1cc(C(=O)Nc2ccc(C(=O)O)s2)on1. The molecule has 88 valence electrons. The van der Waals surface area contributed by atoms with Gasteiger partial charge in [-0.3, -0.25) is 4.79 Å². The molecule has 0 radical (unpaired) electrons.